The monoisotopic (exact) mass is 370 g/mol. The fraction of sp³-hybridized carbons (Fsp3) is 0.619. The van der Waals surface area contributed by atoms with Gasteiger partial charge >= 0.3 is 0 Å². The molecule has 2 aromatic rings. The summed E-state index contributed by atoms with van der Waals surface area (Å²) in [4.78, 5) is 19.8. The highest BCUT2D eigenvalue weighted by Crippen LogP contribution is 2.57. The molecule has 4 fully saturated rings. The molecule has 4 bridgehead atoms. The molecule has 0 radical (unpaired) electrons. The molecule has 4 aliphatic rings. The molecule has 0 spiro atoms. The summed E-state index contributed by atoms with van der Waals surface area (Å²) in [6.45, 7) is 2.96. The van der Waals surface area contributed by atoms with Crippen molar-refractivity contribution in [3.8, 4) is 0 Å². The van der Waals surface area contributed by atoms with E-state index in [0.717, 1.165) is 35.4 Å². The van der Waals surface area contributed by atoms with Gasteiger partial charge in [0.15, 0.2) is 5.58 Å². The molecule has 0 unspecified atom stereocenters. The molecule has 1 heterocycles. The van der Waals surface area contributed by atoms with E-state index in [2.05, 4.69) is 16.8 Å². The number of hydrogen-bond acceptors (Lipinski definition) is 4. The second-order valence-corrected chi connectivity index (χ2v) is 9.44. The largest absolute Gasteiger partial charge is 0.431 e. The Labute approximate surface area is 158 Å². The minimum atomic E-state index is 0.141. The molecule has 0 saturated heterocycles. The lowest BCUT2D eigenvalue weighted by molar-refractivity contribution is -0.147. The molecule has 4 nitrogen and oxygen atoms in total. The van der Waals surface area contributed by atoms with Crippen molar-refractivity contribution in [3.63, 3.8) is 0 Å². The molecule has 26 heavy (non-hydrogen) atoms. The van der Waals surface area contributed by atoms with E-state index in [1.54, 1.807) is 0 Å². The summed E-state index contributed by atoms with van der Waals surface area (Å²) in [5.41, 5.74) is 1.79. The molecule has 0 N–H and O–H groups in total. The van der Waals surface area contributed by atoms with E-state index >= 15 is 0 Å². The van der Waals surface area contributed by atoms with Gasteiger partial charge in [0.05, 0.1) is 5.75 Å². The summed E-state index contributed by atoms with van der Waals surface area (Å²) in [6.07, 6.45) is 7.90. The number of oxazole rings is 1. The maximum atomic E-state index is 13.1. The maximum Gasteiger partial charge on any atom is 0.257 e. The molecule has 0 atom stereocenters. The fourth-order valence-electron chi connectivity index (χ4n) is 6.29. The second kappa shape index (κ2) is 6.29. The van der Waals surface area contributed by atoms with E-state index in [-0.39, 0.29) is 11.4 Å². The van der Waals surface area contributed by atoms with Gasteiger partial charge < -0.3 is 9.32 Å². The molecule has 138 valence electrons. The standard InChI is InChI=1S/C21H26N2O2S/c1-2-23(21-10-14-7-15(11-21)9-16(8-14)12-21)19(24)13-26-20-22-17-5-3-4-6-18(17)25-20/h3-6,14-16H,2,7-13H2,1H3. The predicted molar refractivity (Wildman–Crippen MR) is 103 cm³/mol. The van der Waals surface area contributed by atoms with E-state index < -0.39 is 0 Å². The number of hydrogen-bond donors (Lipinski definition) is 0. The summed E-state index contributed by atoms with van der Waals surface area (Å²) in [5, 5.41) is 0.598. The Balaban J connectivity index is 1.30. The molecule has 6 rings (SSSR count). The van der Waals surface area contributed by atoms with Gasteiger partial charge in [0, 0.05) is 12.1 Å². The highest BCUT2D eigenvalue weighted by Gasteiger charge is 2.54. The smallest absolute Gasteiger partial charge is 0.257 e. The lowest BCUT2D eigenvalue weighted by Gasteiger charge is -2.60. The number of thioether (sulfide) groups is 1. The lowest BCUT2D eigenvalue weighted by Crippen LogP contribution is -2.61. The van der Waals surface area contributed by atoms with Gasteiger partial charge in [0.2, 0.25) is 5.91 Å². The van der Waals surface area contributed by atoms with Crippen LogP contribution in [0.3, 0.4) is 0 Å². The first-order valence-electron chi connectivity index (χ1n) is 9.94. The Morgan fingerprint density at radius 3 is 2.46 bits per heavy atom. The number of benzene rings is 1. The quantitative estimate of drug-likeness (QED) is 0.714. The lowest BCUT2D eigenvalue weighted by atomic mass is 9.52. The number of amides is 1. The van der Waals surface area contributed by atoms with Crippen molar-refractivity contribution in [3.05, 3.63) is 24.3 Å². The van der Waals surface area contributed by atoms with E-state index in [0.29, 0.717) is 11.0 Å². The molecule has 4 aliphatic carbocycles. The Morgan fingerprint density at radius 1 is 1.19 bits per heavy atom. The third-order valence-electron chi connectivity index (χ3n) is 6.79. The fourth-order valence-corrected chi connectivity index (χ4v) is 7.00. The van der Waals surface area contributed by atoms with Crippen LogP contribution in [0, 0.1) is 17.8 Å². The summed E-state index contributed by atoms with van der Waals surface area (Å²) in [7, 11) is 0. The zero-order chi connectivity index (χ0) is 17.7. The van der Waals surface area contributed by atoms with E-state index in [9.17, 15) is 4.79 Å². The summed E-state index contributed by atoms with van der Waals surface area (Å²) in [6, 6.07) is 7.76. The van der Waals surface area contributed by atoms with Gasteiger partial charge in [-0.15, -0.1) is 0 Å². The van der Waals surface area contributed by atoms with Crippen LogP contribution in [0.2, 0.25) is 0 Å². The zero-order valence-corrected chi connectivity index (χ0v) is 16.1. The van der Waals surface area contributed by atoms with Crippen LogP contribution < -0.4 is 0 Å². The van der Waals surface area contributed by atoms with Crippen molar-refractivity contribution in [2.24, 2.45) is 17.8 Å². The van der Waals surface area contributed by atoms with Gasteiger partial charge in [-0.05, 0) is 75.3 Å². The third kappa shape index (κ3) is 2.75. The predicted octanol–water partition coefficient (Wildman–Crippen LogP) is 4.74. The van der Waals surface area contributed by atoms with Gasteiger partial charge in [0.1, 0.15) is 5.52 Å². The van der Waals surface area contributed by atoms with Crippen LogP contribution in [-0.4, -0.2) is 33.6 Å². The minimum Gasteiger partial charge on any atom is -0.431 e. The van der Waals surface area contributed by atoms with E-state index in [1.165, 1.54) is 50.3 Å². The number of carbonyl (C=O) groups is 1. The van der Waals surface area contributed by atoms with Crippen molar-refractivity contribution in [1.29, 1.82) is 0 Å². The van der Waals surface area contributed by atoms with Gasteiger partial charge in [-0.1, -0.05) is 23.9 Å². The van der Waals surface area contributed by atoms with Gasteiger partial charge in [-0.3, -0.25) is 4.79 Å². The molecule has 0 aliphatic heterocycles. The van der Waals surface area contributed by atoms with E-state index in [4.69, 9.17) is 4.42 Å². The minimum absolute atomic E-state index is 0.141. The Hall–Kier alpha value is -1.49. The second-order valence-electron chi connectivity index (χ2n) is 8.52. The Bertz CT molecular complexity index is 762. The maximum absolute atomic E-state index is 13.1. The average molecular weight is 371 g/mol. The molecular weight excluding hydrogens is 344 g/mol. The van der Waals surface area contributed by atoms with Crippen LogP contribution in [-0.2, 0) is 4.79 Å². The highest BCUT2D eigenvalue weighted by atomic mass is 32.2. The molecule has 4 saturated carbocycles. The van der Waals surface area contributed by atoms with Crippen LogP contribution in [0.25, 0.3) is 11.1 Å². The van der Waals surface area contributed by atoms with Gasteiger partial charge in [-0.25, -0.2) is 4.98 Å². The molecular formula is C21H26N2O2S. The molecule has 1 amide bonds. The van der Waals surface area contributed by atoms with Crippen LogP contribution in [0.5, 0.6) is 0 Å². The van der Waals surface area contributed by atoms with Crippen molar-refractivity contribution in [1.82, 2.24) is 9.88 Å². The van der Waals surface area contributed by atoms with Crippen molar-refractivity contribution < 1.29 is 9.21 Å². The molecule has 1 aromatic heterocycles. The van der Waals surface area contributed by atoms with Gasteiger partial charge in [0.25, 0.3) is 5.22 Å². The summed E-state index contributed by atoms with van der Waals surface area (Å²) in [5.74, 6) is 3.23. The van der Waals surface area contributed by atoms with Crippen LogP contribution in [0.1, 0.15) is 45.4 Å². The topological polar surface area (TPSA) is 46.3 Å². The van der Waals surface area contributed by atoms with Crippen LogP contribution >= 0.6 is 11.8 Å². The van der Waals surface area contributed by atoms with Gasteiger partial charge in [-0.2, -0.15) is 0 Å². The first-order chi connectivity index (χ1) is 12.6. The molecule has 5 heteroatoms. The average Bonchev–Trinajstić information content (AvgIpc) is 3.02. The first-order valence-corrected chi connectivity index (χ1v) is 10.9. The first kappa shape index (κ1) is 16.7. The number of para-hydroxylation sites is 2. The molecule has 1 aromatic carbocycles. The number of carbonyl (C=O) groups excluding carboxylic acids is 1. The van der Waals surface area contributed by atoms with Crippen molar-refractivity contribution >= 4 is 28.8 Å². The SMILES string of the molecule is CCN(C(=O)CSc1nc2ccccc2o1)C12CC3CC(CC(C3)C1)C2. The third-order valence-corrected chi connectivity index (χ3v) is 7.60. The van der Waals surface area contributed by atoms with E-state index in [1.807, 2.05) is 24.3 Å². The number of aromatic nitrogens is 1. The van der Waals surface area contributed by atoms with Crippen molar-refractivity contribution in [2.75, 3.05) is 12.3 Å². The normalized spacial score (nSPS) is 32.3. The highest BCUT2D eigenvalue weighted by molar-refractivity contribution is 7.99. The van der Waals surface area contributed by atoms with Crippen molar-refractivity contribution in [2.45, 2.75) is 56.2 Å². The zero-order valence-electron chi connectivity index (χ0n) is 15.3. The Morgan fingerprint density at radius 2 is 1.85 bits per heavy atom. The summed E-state index contributed by atoms with van der Waals surface area (Å²) >= 11 is 1.43. The number of fused-ring (bicyclic) bond motifs is 1. The number of rotatable bonds is 5. The Kier molecular flexibility index (Phi) is 4.03. The van der Waals surface area contributed by atoms with Crippen LogP contribution in [0.15, 0.2) is 33.9 Å². The van der Waals surface area contributed by atoms with Crippen LogP contribution in [0.4, 0.5) is 0 Å². The summed E-state index contributed by atoms with van der Waals surface area (Å²) < 4.78 is 5.76. The number of nitrogens with zero attached hydrogens (tertiary/aromatic N) is 2.